The Hall–Kier alpha value is -1.06. The van der Waals surface area contributed by atoms with Crippen LogP contribution in [0.15, 0.2) is 12.1 Å². The number of rotatable bonds is 4. The standard InChI is InChI=1S/C12H16ClNO2/c1-3-9-4-8(7-14)5-11(13)10(9)6-12(15)16-2/h4-5H,3,6-7,14H2,1-2H3. The maximum absolute atomic E-state index is 11.3. The molecule has 0 aliphatic carbocycles. The molecule has 2 N–H and O–H groups in total. The van der Waals surface area contributed by atoms with Crippen molar-refractivity contribution in [3.63, 3.8) is 0 Å². The van der Waals surface area contributed by atoms with Crippen LogP contribution in [0.5, 0.6) is 0 Å². The summed E-state index contributed by atoms with van der Waals surface area (Å²) >= 11 is 6.13. The Morgan fingerprint density at radius 2 is 2.19 bits per heavy atom. The summed E-state index contributed by atoms with van der Waals surface area (Å²) in [5.41, 5.74) is 8.45. The largest absolute Gasteiger partial charge is 0.469 e. The van der Waals surface area contributed by atoms with E-state index >= 15 is 0 Å². The second kappa shape index (κ2) is 5.87. The third-order valence-electron chi connectivity index (χ3n) is 2.51. The number of benzene rings is 1. The first-order chi connectivity index (χ1) is 7.62. The van der Waals surface area contributed by atoms with Crippen LogP contribution in [-0.2, 0) is 28.9 Å². The zero-order chi connectivity index (χ0) is 12.1. The zero-order valence-corrected chi connectivity index (χ0v) is 10.3. The Morgan fingerprint density at radius 3 is 2.69 bits per heavy atom. The highest BCUT2D eigenvalue weighted by molar-refractivity contribution is 6.31. The van der Waals surface area contributed by atoms with Crippen LogP contribution in [0.3, 0.4) is 0 Å². The number of methoxy groups -OCH3 is 1. The fraction of sp³-hybridized carbons (Fsp3) is 0.417. The van der Waals surface area contributed by atoms with E-state index in [0.717, 1.165) is 23.1 Å². The van der Waals surface area contributed by atoms with Crippen LogP contribution in [0.25, 0.3) is 0 Å². The summed E-state index contributed by atoms with van der Waals surface area (Å²) in [5.74, 6) is -0.280. The van der Waals surface area contributed by atoms with Gasteiger partial charge in [-0.3, -0.25) is 4.79 Å². The second-order valence-electron chi connectivity index (χ2n) is 3.53. The maximum atomic E-state index is 11.3. The van der Waals surface area contributed by atoms with E-state index in [1.54, 1.807) is 6.07 Å². The van der Waals surface area contributed by atoms with E-state index in [9.17, 15) is 4.79 Å². The average molecular weight is 242 g/mol. The van der Waals surface area contributed by atoms with E-state index in [-0.39, 0.29) is 12.4 Å². The molecule has 1 aromatic carbocycles. The van der Waals surface area contributed by atoms with Crippen molar-refractivity contribution in [3.8, 4) is 0 Å². The van der Waals surface area contributed by atoms with Crippen LogP contribution in [0, 0.1) is 0 Å². The average Bonchev–Trinajstić information content (AvgIpc) is 2.30. The van der Waals surface area contributed by atoms with Crippen molar-refractivity contribution in [2.24, 2.45) is 5.73 Å². The topological polar surface area (TPSA) is 52.3 Å². The van der Waals surface area contributed by atoms with Crippen molar-refractivity contribution in [3.05, 3.63) is 33.8 Å². The van der Waals surface area contributed by atoms with Crippen LogP contribution < -0.4 is 5.73 Å². The lowest BCUT2D eigenvalue weighted by atomic mass is 9.99. The molecular formula is C12H16ClNO2. The van der Waals surface area contributed by atoms with Crippen molar-refractivity contribution in [1.29, 1.82) is 0 Å². The molecule has 16 heavy (non-hydrogen) atoms. The Kier molecular flexibility index (Phi) is 4.77. The van der Waals surface area contributed by atoms with E-state index in [0.29, 0.717) is 11.6 Å². The zero-order valence-electron chi connectivity index (χ0n) is 9.55. The van der Waals surface area contributed by atoms with E-state index in [2.05, 4.69) is 4.74 Å². The quantitative estimate of drug-likeness (QED) is 0.822. The summed E-state index contributed by atoms with van der Waals surface area (Å²) < 4.78 is 4.64. The molecule has 3 nitrogen and oxygen atoms in total. The van der Waals surface area contributed by atoms with Crippen LogP contribution in [0.2, 0.25) is 5.02 Å². The van der Waals surface area contributed by atoms with Gasteiger partial charge in [0.2, 0.25) is 0 Å². The highest BCUT2D eigenvalue weighted by Gasteiger charge is 2.12. The predicted octanol–water partition coefficient (Wildman–Crippen LogP) is 2.08. The normalized spacial score (nSPS) is 10.2. The molecule has 0 aliphatic rings. The van der Waals surface area contributed by atoms with Crippen molar-refractivity contribution >= 4 is 17.6 Å². The Labute approximate surface area is 101 Å². The summed E-state index contributed by atoms with van der Waals surface area (Å²) in [6.45, 7) is 2.47. The fourth-order valence-corrected chi connectivity index (χ4v) is 1.93. The fourth-order valence-electron chi connectivity index (χ4n) is 1.60. The molecule has 0 atom stereocenters. The van der Waals surface area contributed by atoms with Crippen molar-refractivity contribution < 1.29 is 9.53 Å². The van der Waals surface area contributed by atoms with Crippen LogP contribution in [0.1, 0.15) is 23.6 Å². The Balaban J connectivity index is 3.11. The van der Waals surface area contributed by atoms with E-state index in [1.807, 2.05) is 13.0 Å². The van der Waals surface area contributed by atoms with Gasteiger partial charge in [0.15, 0.2) is 0 Å². The van der Waals surface area contributed by atoms with Gasteiger partial charge in [-0.05, 0) is 29.2 Å². The highest BCUT2D eigenvalue weighted by atomic mass is 35.5. The monoisotopic (exact) mass is 241 g/mol. The lowest BCUT2D eigenvalue weighted by Crippen LogP contribution is -2.08. The molecule has 0 amide bonds. The number of ether oxygens (including phenoxy) is 1. The smallest absolute Gasteiger partial charge is 0.310 e. The molecule has 1 rings (SSSR count). The SMILES string of the molecule is CCc1cc(CN)cc(Cl)c1CC(=O)OC. The minimum absolute atomic E-state index is 0.212. The third kappa shape index (κ3) is 2.97. The number of aryl methyl sites for hydroxylation is 1. The van der Waals surface area contributed by atoms with E-state index in [4.69, 9.17) is 17.3 Å². The lowest BCUT2D eigenvalue weighted by Gasteiger charge is -2.11. The van der Waals surface area contributed by atoms with Gasteiger partial charge >= 0.3 is 5.97 Å². The minimum Gasteiger partial charge on any atom is -0.469 e. The van der Waals surface area contributed by atoms with E-state index in [1.165, 1.54) is 7.11 Å². The lowest BCUT2D eigenvalue weighted by molar-refractivity contribution is -0.139. The molecule has 0 fully saturated rings. The molecule has 4 heteroatoms. The molecule has 0 radical (unpaired) electrons. The first-order valence-electron chi connectivity index (χ1n) is 5.19. The number of nitrogens with two attached hydrogens (primary N) is 1. The second-order valence-corrected chi connectivity index (χ2v) is 3.93. The molecule has 0 heterocycles. The van der Waals surface area contributed by atoms with Gasteiger partial charge in [-0.15, -0.1) is 0 Å². The third-order valence-corrected chi connectivity index (χ3v) is 2.85. The van der Waals surface area contributed by atoms with Crippen molar-refractivity contribution in [2.45, 2.75) is 26.3 Å². The minimum atomic E-state index is -0.280. The number of hydrogen-bond donors (Lipinski definition) is 1. The molecule has 0 unspecified atom stereocenters. The summed E-state index contributed by atoms with van der Waals surface area (Å²) in [7, 11) is 1.37. The van der Waals surface area contributed by atoms with Gasteiger partial charge in [0.05, 0.1) is 13.5 Å². The highest BCUT2D eigenvalue weighted by Crippen LogP contribution is 2.24. The Morgan fingerprint density at radius 1 is 1.50 bits per heavy atom. The van der Waals surface area contributed by atoms with Gasteiger partial charge in [0, 0.05) is 11.6 Å². The van der Waals surface area contributed by atoms with Crippen LogP contribution in [-0.4, -0.2) is 13.1 Å². The van der Waals surface area contributed by atoms with Crippen LogP contribution in [0.4, 0.5) is 0 Å². The number of carbonyl (C=O) groups is 1. The number of halogens is 1. The van der Waals surface area contributed by atoms with Gasteiger partial charge in [0.25, 0.3) is 0 Å². The summed E-state index contributed by atoms with van der Waals surface area (Å²) in [6.07, 6.45) is 1.03. The molecule has 88 valence electrons. The van der Waals surface area contributed by atoms with Gasteiger partial charge in [-0.2, -0.15) is 0 Å². The van der Waals surface area contributed by atoms with Crippen LogP contribution >= 0.6 is 11.6 Å². The first-order valence-corrected chi connectivity index (χ1v) is 5.57. The molecule has 0 saturated heterocycles. The molecule has 0 aliphatic heterocycles. The maximum Gasteiger partial charge on any atom is 0.310 e. The number of esters is 1. The molecule has 0 spiro atoms. The summed E-state index contributed by atoms with van der Waals surface area (Å²) in [6, 6.07) is 3.79. The predicted molar refractivity (Wildman–Crippen MR) is 64.4 cm³/mol. The van der Waals surface area contributed by atoms with Crippen molar-refractivity contribution in [2.75, 3.05) is 7.11 Å². The van der Waals surface area contributed by atoms with E-state index < -0.39 is 0 Å². The molecule has 0 bridgehead atoms. The number of hydrogen-bond acceptors (Lipinski definition) is 3. The van der Waals surface area contributed by atoms with Gasteiger partial charge < -0.3 is 10.5 Å². The molecule has 0 saturated carbocycles. The molecular weight excluding hydrogens is 226 g/mol. The van der Waals surface area contributed by atoms with Gasteiger partial charge in [0.1, 0.15) is 0 Å². The van der Waals surface area contributed by atoms with Gasteiger partial charge in [-0.1, -0.05) is 24.6 Å². The number of carbonyl (C=O) groups excluding carboxylic acids is 1. The molecule has 0 aromatic heterocycles. The van der Waals surface area contributed by atoms with Gasteiger partial charge in [-0.25, -0.2) is 0 Å². The van der Waals surface area contributed by atoms with Crippen molar-refractivity contribution in [1.82, 2.24) is 0 Å². The summed E-state index contributed by atoms with van der Waals surface area (Å²) in [5, 5.41) is 0.588. The first kappa shape index (κ1) is 13.0. The molecule has 1 aromatic rings. The Bertz CT molecular complexity index is 391. The summed E-state index contributed by atoms with van der Waals surface area (Å²) in [4.78, 5) is 11.3.